The predicted octanol–water partition coefficient (Wildman–Crippen LogP) is 4.44. The molecule has 0 amide bonds. The number of carbonyl (C=O) groups is 1. The highest BCUT2D eigenvalue weighted by Crippen LogP contribution is 2.40. The lowest BCUT2D eigenvalue weighted by atomic mass is 9.92. The molecule has 1 aromatic rings. The Labute approximate surface area is 195 Å². The molecule has 2 rings (SSSR count). The van der Waals surface area contributed by atoms with Crippen LogP contribution in [0.5, 0.6) is 0 Å². The fourth-order valence-electron chi connectivity index (χ4n) is 3.39. The molecular formula is C23H31ClN4O3S. The van der Waals surface area contributed by atoms with Crippen molar-refractivity contribution >= 4 is 38.8 Å². The number of hydrogen-bond acceptors (Lipinski definition) is 6. The van der Waals surface area contributed by atoms with Crippen molar-refractivity contribution in [2.75, 3.05) is 5.75 Å². The Balaban J connectivity index is 2.26. The summed E-state index contributed by atoms with van der Waals surface area (Å²) in [6.45, 7) is 10.8. The largest absolute Gasteiger partial charge is 0.336 e. The van der Waals surface area contributed by atoms with E-state index >= 15 is 0 Å². The van der Waals surface area contributed by atoms with E-state index in [1.807, 2.05) is 13.0 Å². The summed E-state index contributed by atoms with van der Waals surface area (Å²) in [6.07, 6.45) is 6.36. The highest BCUT2D eigenvalue weighted by molar-refractivity contribution is 7.91. The van der Waals surface area contributed by atoms with E-state index < -0.39 is 9.84 Å². The van der Waals surface area contributed by atoms with Crippen molar-refractivity contribution in [1.82, 2.24) is 10.3 Å². The Bertz CT molecular complexity index is 1040. The number of sulfone groups is 1. The zero-order valence-corrected chi connectivity index (χ0v) is 20.6. The molecule has 0 aromatic carbocycles. The zero-order chi connectivity index (χ0) is 23.9. The SMILES string of the molecule is C=C(Cl)N=C(/C(=C\C)NC(=NCc1ccc(S(=O)(=O)CC)cn1)C(C)=O)C(CC)C1CC1. The third kappa shape index (κ3) is 7.10. The van der Waals surface area contributed by atoms with E-state index in [1.165, 1.54) is 19.2 Å². The van der Waals surface area contributed by atoms with Gasteiger partial charge < -0.3 is 5.32 Å². The van der Waals surface area contributed by atoms with Crippen LogP contribution in [0.25, 0.3) is 0 Å². The molecule has 0 saturated heterocycles. The molecule has 1 aromatic heterocycles. The molecule has 0 spiro atoms. The Hall–Kier alpha value is -2.32. The number of aliphatic imine (C=N–C) groups is 2. The predicted molar refractivity (Wildman–Crippen MR) is 130 cm³/mol. The van der Waals surface area contributed by atoms with Gasteiger partial charge in [-0.3, -0.25) is 14.8 Å². The van der Waals surface area contributed by atoms with Gasteiger partial charge in [0.25, 0.3) is 0 Å². The smallest absolute Gasteiger partial charge is 0.194 e. The maximum absolute atomic E-state index is 12.3. The van der Waals surface area contributed by atoms with E-state index in [9.17, 15) is 13.2 Å². The zero-order valence-electron chi connectivity index (χ0n) is 19.1. The molecule has 0 radical (unpaired) electrons. The number of nitrogens with one attached hydrogen (secondary N) is 1. The summed E-state index contributed by atoms with van der Waals surface area (Å²) in [6, 6.07) is 3.11. The molecule has 1 aliphatic rings. The lowest BCUT2D eigenvalue weighted by Crippen LogP contribution is -2.35. The molecule has 1 atom stereocenters. The number of rotatable bonds is 11. The number of aromatic nitrogens is 1. The van der Waals surface area contributed by atoms with Crippen LogP contribution in [0.15, 0.2) is 56.7 Å². The third-order valence-electron chi connectivity index (χ3n) is 5.31. The average molecular weight is 479 g/mol. The van der Waals surface area contributed by atoms with Gasteiger partial charge in [-0.2, -0.15) is 0 Å². The van der Waals surface area contributed by atoms with Crippen LogP contribution in [0, 0.1) is 11.8 Å². The Kier molecular flexibility index (Phi) is 9.33. The summed E-state index contributed by atoms with van der Waals surface area (Å²) in [5, 5.41) is 3.32. The molecule has 1 aliphatic carbocycles. The maximum atomic E-state index is 12.3. The number of pyridine rings is 1. The molecule has 9 heteroatoms. The topological polar surface area (TPSA) is 101 Å². The second kappa shape index (κ2) is 11.5. The van der Waals surface area contributed by atoms with Gasteiger partial charge in [-0.05, 0) is 44.2 Å². The minimum absolute atomic E-state index is 0.00887. The van der Waals surface area contributed by atoms with Crippen molar-refractivity contribution in [2.24, 2.45) is 21.8 Å². The van der Waals surface area contributed by atoms with Gasteiger partial charge in [0, 0.05) is 19.0 Å². The molecular weight excluding hydrogens is 448 g/mol. The standard InChI is InChI=1S/C23H31ClN4O3S/c1-6-20(17-9-10-17)22(27-16(5)24)21(7-2)28-23(15(4)29)26-13-18-11-12-19(14-25-18)32(30,31)8-3/h7,11-12,14,17,20H,5-6,8-10,13H2,1-4H3,(H,26,28)/b21-7+,27-22?. The van der Waals surface area contributed by atoms with Crippen molar-refractivity contribution in [1.29, 1.82) is 0 Å². The number of Topliss-reactive ketones (excluding diaryl/α,β-unsaturated/α-hetero) is 1. The first kappa shape index (κ1) is 25.9. The molecule has 1 saturated carbocycles. The molecule has 1 N–H and O–H groups in total. The molecule has 0 aliphatic heterocycles. The number of carbonyl (C=O) groups excluding carboxylic acids is 1. The van der Waals surface area contributed by atoms with Gasteiger partial charge in [-0.1, -0.05) is 38.1 Å². The Morgan fingerprint density at radius 1 is 1.38 bits per heavy atom. The summed E-state index contributed by atoms with van der Waals surface area (Å²) in [4.78, 5) is 25.5. The molecule has 174 valence electrons. The normalized spacial score (nSPS) is 16.6. The van der Waals surface area contributed by atoms with Crippen LogP contribution >= 0.6 is 11.6 Å². The molecule has 7 nitrogen and oxygen atoms in total. The fourth-order valence-corrected chi connectivity index (χ4v) is 4.30. The van der Waals surface area contributed by atoms with Crippen LogP contribution in [0.3, 0.4) is 0 Å². The lowest BCUT2D eigenvalue weighted by Gasteiger charge is -2.21. The second-order valence-electron chi connectivity index (χ2n) is 7.66. The van der Waals surface area contributed by atoms with Crippen LogP contribution in [-0.4, -0.2) is 36.5 Å². The van der Waals surface area contributed by atoms with E-state index in [4.69, 9.17) is 11.6 Å². The summed E-state index contributed by atoms with van der Waals surface area (Å²) in [7, 11) is -3.31. The lowest BCUT2D eigenvalue weighted by molar-refractivity contribution is -0.111. The molecule has 1 fully saturated rings. The van der Waals surface area contributed by atoms with Crippen LogP contribution in [0.2, 0.25) is 0 Å². The van der Waals surface area contributed by atoms with Crippen molar-refractivity contribution in [3.63, 3.8) is 0 Å². The first-order valence-corrected chi connectivity index (χ1v) is 12.8. The number of ketones is 1. The van der Waals surface area contributed by atoms with Crippen molar-refractivity contribution in [3.8, 4) is 0 Å². The average Bonchev–Trinajstić information content (AvgIpc) is 3.59. The highest BCUT2D eigenvalue weighted by Gasteiger charge is 2.35. The minimum Gasteiger partial charge on any atom is -0.336 e. The number of halogens is 1. The monoisotopic (exact) mass is 478 g/mol. The van der Waals surface area contributed by atoms with Gasteiger partial charge in [0.15, 0.2) is 21.5 Å². The summed E-state index contributed by atoms with van der Waals surface area (Å²) in [5.74, 6) is 0.704. The van der Waals surface area contributed by atoms with Crippen molar-refractivity contribution < 1.29 is 13.2 Å². The number of nitrogens with zero attached hydrogens (tertiary/aromatic N) is 3. The molecule has 1 heterocycles. The summed E-state index contributed by atoms with van der Waals surface area (Å²) in [5.41, 5.74) is 2.01. The number of allylic oxidation sites excluding steroid dienone is 2. The van der Waals surface area contributed by atoms with Crippen LogP contribution in [-0.2, 0) is 21.2 Å². The van der Waals surface area contributed by atoms with Crippen LogP contribution < -0.4 is 5.32 Å². The minimum atomic E-state index is -3.31. The quantitative estimate of drug-likeness (QED) is 0.288. The first-order valence-electron chi connectivity index (χ1n) is 10.7. The van der Waals surface area contributed by atoms with E-state index in [0.717, 1.165) is 25.0 Å². The molecule has 1 unspecified atom stereocenters. The first-order chi connectivity index (χ1) is 15.1. The summed E-state index contributed by atoms with van der Waals surface area (Å²) >= 11 is 6.01. The van der Waals surface area contributed by atoms with Gasteiger partial charge in [0.05, 0.1) is 34.3 Å². The van der Waals surface area contributed by atoms with Crippen molar-refractivity contribution in [3.05, 3.63) is 47.5 Å². The van der Waals surface area contributed by atoms with E-state index in [0.29, 0.717) is 17.3 Å². The maximum Gasteiger partial charge on any atom is 0.194 e. The molecule has 32 heavy (non-hydrogen) atoms. The third-order valence-corrected chi connectivity index (χ3v) is 7.12. The van der Waals surface area contributed by atoms with Crippen LogP contribution in [0.4, 0.5) is 0 Å². The van der Waals surface area contributed by atoms with Gasteiger partial charge in [-0.15, -0.1) is 0 Å². The number of hydrogen-bond donors (Lipinski definition) is 1. The highest BCUT2D eigenvalue weighted by atomic mass is 35.5. The second-order valence-corrected chi connectivity index (χ2v) is 10.4. The van der Waals surface area contributed by atoms with E-state index in [-0.39, 0.29) is 39.9 Å². The number of amidine groups is 1. The van der Waals surface area contributed by atoms with Gasteiger partial charge in [0.2, 0.25) is 0 Å². The van der Waals surface area contributed by atoms with Gasteiger partial charge in [-0.25, -0.2) is 13.4 Å². The fraction of sp³-hybridized carbons (Fsp3) is 0.478. The Morgan fingerprint density at radius 2 is 2.06 bits per heavy atom. The Morgan fingerprint density at radius 3 is 2.50 bits per heavy atom. The van der Waals surface area contributed by atoms with Crippen LogP contribution in [0.1, 0.15) is 52.7 Å². The van der Waals surface area contributed by atoms with Gasteiger partial charge >= 0.3 is 0 Å². The van der Waals surface area contributed by atoms with E-state index in [1.54, 1.807) is 13.0 Å². The summed E-state index contributed by atoms with van der Waals surface area (Å²) < 4.78 is 23.9. The van der Waals surface area contributed by atoms with E-state index in [2.05, 4.69) is 33.8 Å². The van der Waals surface area contributed by atoms with Gasteiger partial charge in [0.1, 0.15) is 5.16 Å². The molecule has 0 bridgehead atoms. The van der Waals surface area contributed by atoms with Crippen molar-refractivity contribution in [2.45, 2.75) is 58.4 Å².